The molecule has 1 atom stereocenters. The van der Waals surface area contributed by atoms with E-state index in [4.69, 9.17) is 26.2 Å². The van der Waals surface area contributed by atoms with Crippen molar-refractivity contribution in [3.8, 4) is 11.5 Å². The SMILES string of the molecule is CC(C)(c1ccc(OC[C@H](O)CCl)cc1)c1ccc(OCC(F)(F)CO)cc1. The molecule has 28 heavy (non-hydrogen) atoms. The third-order valence-electron chi connectivity index (χ3n) is 4.45. The lowest BCUT2D eigenvalue weighted by Crippen LogP contribution is -2.29. The average molecular weight is 415 g/mol. The predicted octanol–water partition coefficient (Wildman–Crippen LogP) is 4.00. The molecule has 0 aliphatic heterocycles. The van der Waals surface area contributed by atoms with E-state index in [9.17, 15) is 13.9 Å². The van der Waals surface area contributed by atoms with Crippen molar-refractivity contribution < 1.29 is 28.5 Å². The summed E-state index contributed by atoms with van der Waals surface area (Å²) in [6.45, 7) is 2.11. The zero-order valence-electron chi connectivity index (χ0n) is 15.9. The number of aliphatic hydroxyl groups excluding tert-OH is 2. The van der Waals surface area contributed by atoms with Crippen LogP contribution in [-0.2, 0) is 5.41 Å². The van der Waals surface area contributed by atoms with Gasteiger partial charge in [0.05, 0.1) is 5.88 Å². The van der Waals surface area contributed by atoms with Crippen LogP contribution in [0.2, 0.25) is 0 Å². The first-order valence-corrected chi connectivity index (χ1v) is 9.41. The molecule has 7 heteroatoms. The molecule has 0 radical (unpaired) electrons. The van der Waals surface area contributed by atoms with E-state index in [-0.39, 0.29) is 17.9 Å². The van der Waals surface area contributed by atoms with Crippen molar-refractivity contribution >= 4 is 11.6 Å². The summed E-state index contributed by atoms with van der Waals surface area (Å²) in [5.74, 6) is -2.20. The molecule has 2 rings (SSSR count). The molecule has 154 valence electrons. The molecule has 0 saturated heterocycles. The maximum Gasteiger partial charge on any atom is 0.303 e. The van der Waals surface area contributed by atoms with Crippen molar-refractivity contribution in [2.24, 2.45) is 0 Å². The highest BCUT2D eigenvalue weighted by Crippen LogP contribution is 2.33. The Labute approximate surface area is 168 Å². The maximum atomic E-state index is 13.1. The van der Waals surface area contributed by atoms with Crippen LogP contribution in [0.5, 0.6) is 11.5 Å². The molecule has 0 unspecified atom stereocenters. The Kier molecular flexibility index (Phi) is 7.63. The fourth-order valence-electron chi connectivity index (χ4n) is 2.57. The standard InChI is InChI=1S/C21H25ClF2O4/c1-20(2,15-3-7-18(8-4-15)27-12-17(26)11-22)16-5-9-19(10-6-16)28-14-21(23,24)13-25/h3-10,17,25-26H,11-14H2,1-2H3/t17-/m1/s1. The summed E-state index contributed by atoms with van der Waals surface area (Å²) in [5.41, 5.74) is 1.69. The summed E-state index contributed by atoms with van der Waals surface area (Å²) >= 11 is 5.54. The van der Waals surface area contributed by atoms with E-state index in [1.54, 1.807) is 12.1 Å². The summed E-state index contributed by atoms with van der Waals surface area (Å²) in [7, 11) is 0. The number of hydrogen-bond donors (Lipinski definition) is 2. The largest absolute Gasteiger partial charge is 0.491 e. The van der Waals surface area contributed by atoms with Gasteiger partial charge < -0.3 is 19.7 Å². The second-order valence-corrected chi connectivity index (χ2v) is 7.40. The zero-order valence-corrected chi connectivity index (χ0v) is 16.6. The first kappa shape index (κ1) is 22.4. The van der Waals surface area contributed by atoms with E-state index in [2.05, 4.69) is 13.8 Å². The quantitative estimate of drug-likeness (QED) is 0.577. The van der Waals surface area contributed by atoms with Crippen molar-refractivity contribution in [2.45, 2.75) is 31.3 Å². The molecule has 0 heterocycles. The van der Waals surface area contributed by atoms with Gasteiger partial charge in [-0.1, -0.05) is 38.1 Å². The molecule has 0 aliphatic rings. The van der Waals surface area contributed by atoms with Crippen LogP contribution >= 0.6 is 11.6 Å². The van der Waals surface area contributed by atoms with Gasteiger partial charge in [0.25, 0.3) is 0 Å². The molecule has 4 nitrogen and oxygen atoms in total. The van der Waals surface area contributed by atoms with Crippen LogP contribution in [0.1, 0.15) is 25.0 Å². The molecule has 2 aromatic rings. The van der Waals surface area contributed by atoms with Gasteiger partial charge in [0.2, 0.25) is 0 Å². The van der Waals surface area contributed by atoms with E-state index >= 15 is 0 Å². The second-order valence-electron chi connectivity index (χ2n) is 7.10. The summed E-state index contributed by atoms with van der Waals surface area (Å²) in [5, 5.41) is 18.0. The highest BCUT2D eigenvalue weighted by Gasteiger charge is 2.29. The molecule has 2 N–H and O–H groups in total. The normalized spacial score (nSPS) is 13.2. The summed E-state index contributed by atoms with van der Waals surface area (Å²) in [6.07, 6.45) is -0.712. The van der Waals surface area contributed by atoms with Crippen LogP contribution in [0, 0.1) is 0 Å². The number of aliphatic hydroxyl groups is 2. The van der Waals surface area contributed by atoms with Gasteiger partial charge in [-0.15, -0.1) is 11.6 Å². The van der Waals surface area contributed by atoms with E-state index in [0.717, 1.165) is 11.1 Å². The van der Waals surface area contributed by atoms with Crippen LogP contribution in [0.15, 0.2) is 48.5 Å². The molecule has 0 amide bonds. The van der Waals surface area contributed by atoms with Crippen LogP contribution in [0.25, 0.3) is 0 Å². The molecule has 0 fully saturated rings. The Balaban J connectivity index is 2.05. The molecular formula is C21H25ClF2O4. The van der Waals surface area contributed by atoms with Crippen LogP contribution in [0.3, 0.4) is 0 Å². The first-order chi connectivity index (χ1) is 13.2. The molecule has 0 aromatic heterocycles. The Morgan fingerprint density at radius 2 is 1.39 bits per heavy atom. The second kappa shape index (κ2) is 9.54. The Bertz CT molecular complexity index is 733. The summed E-state index contributed by atoms with van der Waals surface area (Å²) in [6, 6.07) is 14.5. The monoisotopic (exact) mass is 414 g/mol. The Hall–Kier alpha value is -1.89. The van der Waals surface area contributed by atoms with Crippen LogP contribution < -0.4 is 9.47 Å². The van der Waals surface area contributed by atoms with Gasteiger partial charge in [0.15, 0.2) is 6.61 Å². The molecule has 0 saturated carbocycles. The number of benzene rings is 2. The maximum absolute atomic E-state index is 13.1. The summed E-state index contributed by atoms with van der Waals surface area (Å²) < 4.78 is 36.7. The van der Waals surface area contributed by atoms with Gasteiger partial charge in [-0.2, -0.15) is 0 Å². The number of hydrogen-bond acceptors (Lipinski definition) is 4. The fraction of sp³-hybridized carbons (Fsp3) is 0.429. The Morgan fingerprint density at radius 3 is 1.82 bits per heavy atom. The highest BCUT2D eigenvalue weighted by molar-refractivity contribution is 6.18. The highest BCUT2D eigenvalue weighted by atomic mass is 35.5. The minimum absolute atomic E-state index is 0.114. The van der Waals surface area contributed by atoms with E-state index in [1.807, 2.05) is 36.4 Å². The van der Waals surface area contributed by atoms with E-state index in [1.165, 1.54) is 0 Å². The number of alkyl halides is 3. The Morgan fingerprint density at radius 1 is 0.929 bits per heavy atom. The van der Waals surface area contributed by atoms with E-state index < -0.39 is 25.2 Å². The minimum atomic E-state index is -3.26. The van der Waals surface area contributed by atoms with Gasteiger partial charge in [-0.3, -0.25) is 0 Å². The summed E-state index contributed by atoms with van der Waals surface area (Å²) in [4.78, 5) is 0. The number of halogens is 3. The van der Waals surface area contributed by atoms with Gasteiger partial charge in [-0.05, 0) is 35.4 Å². The van der Waals surface area contributed by atoms with Crippen molar-refractivity contribution in [3.63, 3.8) is 0 Å². The lowest BCUT2D eigenvalue weighted by atomic mass is 9.78. The van der Waals surface area contributed by atoms with Crippen molar-refractivity contribution in [1.29, 1.82) is 0 Å². The lowest BCUT2D eigenvalue weighted by molar-refractivity contribution is -0.0801. The van der Waals surface area contributed by atoms with Crippen molar-refractivity contribution in [2.75, 3.05) is 25.7 Å². The average Bonchev–Trinajstić information content (AvgIpc) is 2.71. The minimum Gasteiger partial charge on any atom is -0.491 e. The number of ether oxygens (including phenoxy) is 2. The number of rotatable bonds is 10. The molecule has 0 bridgehead atoms. The van der Waals surface area contributed by atoms with Gasteiger partial charge in [0.1, 0.15) is 30.8 Å². The molecule has 0 aliphatic carbocycles. The van der Waals surface area contributed by atoms with Crippen molar-refractivity contribution in [1.82, 2.24) is 0 Å². The first-order valence-electron chi connectivity index (χ1n) is 8.87. The molecule has 0 spiro atoms. The molecular weight excluding hydrogens is 390 g/mol. The molecule has 2 aromatic carbocycles. The smallest absolute Gasteiger partial charge is 0.303 e. The van der Waals surface area contributed by atoms with Crippen LogP contribution in [-0.4, -0.2) is 47.9 Å². The van der Waals surface area contributed by atoms with Gasteiger partial charge >= 0.3 is 5.92 Å². The lowest BCUT2D eigenvalue weighted by Gasteiger charge is -2.26. The van der Waals surface area contributed by atoms with Crippen molar-refractivity contribution in [3.05, 3.63) is 59.7 Å². The van der Waals surface area contributed by atoms with Gasteiger partial charge in [-0.25, -0.2) is 8.78 Å². The van der Waals surface area contributed by atoms with Crippen LogP contribution in [0.4, 0.5) is 8.78 Å². The van der Waals surface area contributed by atoms with Gasteiger partial charge in [0, 0.05) is 5.41 Å². The predicted molar refractivity (Wildman–Crippen MR) is 105 cm³/mol. The zero-order chi connectivity index (χ0) is 20.8. The topological polar surface area (TPSA) is 58.9 Å². The third kappa shape index (κ3) is 6.06. The fourth-order valence-corrected chi connectivity index (χ4v) is 2.66. The van der Waals surface area contributed by atoms with E-state index in [0.29, 0.717) is 11.5 Å². The third-order valence-corrected chi connectivity index (χ3v) is 4.81.